The Labute approximate surface area is 102 Å². The fourth-order valence-corrected chi connectivity index (χ4v) is 2.00. The molecule has 1 heterocycles. The fraction of sp³-hybridized carbons (Fsp3) is 0.462. The molecule has 4 nitrogen and oxygen atoms in total. The third-order valence-corrected chi connectivity index (χ3v) is 3.13. The molecule has 0 atom stereocenters. The summed E-state index contributed by atoms with van der Waals surface area (Å²) in [6, 6.07) is 8.34. The third-order valence-electron chi connectivity index (χ3n) is 3.13. The van der Waals surface area contributed by atoms with Gasteiger partial charge >= 0.3 is 6.03 Å². The van der Waals surface area contributed by atoms with Crippen LogP contribution in [0.25, 0.3) is 0 Å². The lowest BCUT2D eigenvalue weighted by molar-refractivity contribution is 0.229. The summed E-state index contributed by atoms with van der Waals surface area (Å²) in [7, 11) is 3.79. The van der Waals surface area contributed by atoms with Gasteiger partial charge in [-0.2, -0.15) is 0 Å². The van der Waals surface area contributed by atoms with Gasteiger partial charge in [-0.3, -0.25) is 4.90 Å². The number of carbonyl (C=O) groups is 1. The minimum Gasteiger partial charge on any atom is -0.326 e. The van der Waals surface area contributed by atoms with Crippen molar-refractivity contribution < 1.29 is 4.79 Å². The third kappa shape index (κ3) is 2.58. The molecule has 1 N–H and O–H groups in total. The van der Waals surface area contributed by atoms with E-state index in [9.17, 15) is 4.79 Å². The molecule has 0 radical (unpaired) electrons. The van der Waals surface area contributed by atoms with Gasteiger partial charge in [-0.05, 0) is 37.7 Å². The zero-order valence-electron chi connectivity index (χ0n) is 10.4. The lowest BCUT2D eigenvalue weighted by Crippen LogP contribution is -2.29. The molecule has 2 amide bonds. The van der Waals surface area contributed by atoms with Crippen molar-refractivity contribution in [3.63, 3.8) is 0 Å². The number of benzene rings is 1. The first kappa shape index (κ1) is 11.9. The normalized spacial score (nSPS) is 15.8. The van der Waals surface area contributed by atoms with Crippen molar-refractivity contribution in [3.05, 3.63) is 29.8 Å². The maximum absolute atomic E-state index is 11.8. The van der Waals surface area contributed by atoms with Crippen LogP contribution in [0.15, 0.2) is 24.3 Å². The average Bonchev–Trinajstić information content (AvgIpc) is 2.68. The van der Waals surface area contributed by atoms with Crippen LogP contribution >= 0.6 is 0 Å². The van der Waals surface area contributed by atoms with Gasteiger partial charge in [0, 0.05) is 25.8 Å². The molecule has 1 fully saturated rings. The Kier molecular flexibility index (Phi) is 3.64. The second kappa shape index (κ2) is 5.19. The monoisotopic (exact) mass is 233 g/mol. The largest absolute Gasteiger partial charge is 0.326 e. The van der Waals surface area contributed by atoms with Crippen molar-refractivity contribution >= 4 is 11.7 Å². The molecule has 92 valence electrons. The van der Waals surface area contributed by atoms with Crippen LogP contribution in [0.5, 0.6) is 0 Å². The highest BCUT2D eigenvalue weighted by Crippen LogP contribution is 2.20. The fourth-order valence-electron chi connectivity index (χ4n) is 2.00. The number of nitrogens with zero attached hydrogens (tertiary/aromatic N) is 2. The van der Waals surface area contributed by atoms with Crippen LogP contribution in [0.3, 0.4) is 0 Å². The highest BCUT2D eigenvalue weighted by atomic mass is 16.2. The van der Waals surface area contributed by atoms with E-state index in [2.05, 4.69) is 17.4 Å². The van der Waals surface area contributed by atoms with Gasteiger partial charge < -0.3 is 10.2 Å². The van der Waals surface area contributed by atoms with Gasteiger partial charge in [0.05, 0.1) is 0 Å². The van der Waals surface area contributed by atoms with Crippen molar-refractivity contribution in [2.24, 2.45) is 0 Å². The van der Waals surface area contributed by atoms with Crippen LogP contribution < -0.4 is 10.2 Å². The SMILES string of the molecule is CNCCc1ccc(N2CCN(C)C2=O)cc1. The summed E-state index contributed by atoms with van der Waals surface area (Å²) >= 11 is 0. The van der Waals surface area contributed by atoms with Crippen molar-refractivity contribution in [3.8, 4) is 0 Å². The highest BCUT2D eigenvalue weighted by molar-refractivity contribution is 5.93. The molecule has 0 spiro atoms. The molecule has 1 saturated heterocycles. The number of likely N-dealkylation sites (N-methyl/N-ethyl adjacent to an activating group) is 2. The second-order valence-electron chi connectivity index (χ2n) is 4.38. The number of hydrogen-bond acceptors (Lipinski definition) is 2. The average molecular weight is 233 g/mol. The lowest BCUT2D eigenvalue weighted by atomic mass is 10.1. The van der Waals surface area contributed by atoms with Crippen molar-refractivity contribution in [2.45, 2.75) is 6.42 Å². The van der Waals surface area contributed by atoms with E-state index in [-0.39, 0.29) is 6.03 Å². The Morgan fingerprint density at radius 2 is 1.94 bits per heavy atom. The summed E-state index contributed by atoms with van der Waals surface area (Å²) in [6.07, 6.45) is 1.02. The number of hydrogen-bond donors (Lipinski definition) is 1. The van der Waals surface area contributed by atoms with E-state index in [0.29, 0.717) is 0 Å². The van der Waals surface area contributed by atoms with Crippen LogP contribution in [-0.4, -0.2) is 44.7 Å². The van der Waals surface area contributed by atoms with E-state index in [0.717, 1.165) is 31.7 Å². The van der Waals surface area contributed by atoms with E-state index >= 15 is 0 Å². The van der Waals surface area contributed by atoms with Gasteiger partial charge in [-0.25, -0.2) is 4.79 Å². The molecule has 0 unspecified atom stereocenters. The van der Waals surface area contributed by atoms with Crippen LogP contribution in [0.2, 0.25) is 0 Å². The number of urea groups is 1. The zero-order valence-corrected chi connectivity index (χ0v) is 10.4. The van der Waals surface area contributed by atoms with Crippen LogP contribution in [0, 0.1) is 0 Å². The summed E-state index contributed by atoms with van der Waals surface area (Å²) in [5.41, 5.74) is 2.29. The Hall–Kier alpha value is -1.55. The first-order valence-corrected chi connectivity index (χ1v) is 5.98. The highest BCUT2D eigenvalue weighted by Gasteiger charge is 2.26. The molecule has 0 bridgehead atoms. The minimum atomic E-state index is 0.0907. The number of nitrogens with one attached hydrogen (secondary N) is 1. The van der Waals surface area contributed by atoms with Crippen LogP contribution in [-0.2, 0) is 6.42 Å². The van der Waals surface area contributed by atoms with Gasteiger partial charge in [0.25, 0.3) is 0 Å². The maximum Gasteiger partial charge on any atom is 0.324 e. The van der Waals surface area contributed by atoms with Crippen LogP contribution in [0.4, 0.5) is 10.5 Å². The summed E-state index contributed by atoms with van der Waals surface area (Å²) in [5.74, 6) is 0. The van der Waals surface area contributed by atoms with E-state index in [1.165, 1.54) is 5.56 Å². The predicted molar refractivity (Wildman–Crippen MR) is 69.4 cm³/mol. The van der Waals surface area contributed by atoms with E-state index < -0.39 is 0 Å². The molecule has 0 aromatic heterocycles. The summed E-state index contributed by atoms with van der Waals surface area (Å²) in [5, 5.41) is 3.13. The number of anilines is 1. The standard InChI is InChI=1S/C13H19N3O/c1-14-8-7-11-3-5-12(6-4-11)16-10-9-15(2)13(16)17/h3-6,14H,7-10H2,1-2H3. The molecule has 1 aromatic rings. The molecule has 4 heteroatoms. The Bertz CT molecular complexity index is 388. The van der Waals surface area contributed by atoms with Gasteiger partial charge in [-0.1, -0.05) is 12.1 Å². The number of amides is 2. The van der Waals surface area contributed by atoms with Crippen LogP contribution in [0.1, 0.15) is 5.56 Å². The molecule has 1 aliphatic heterocycles. The first-order chi connectivity index (χ1) is 8.22. The van der Waals surface area contributed by atoms with E-state index in [1.807, 2.05) is 31.1 Å². The van der Waals surface area contributed by atoms with Crippen molar-refractivity contribution in [2.75, 3.05) is 38.6 Å². The minimum absolute atomic E-state index is 0.0907. The van der Waals surface area contributed by atoms with Gasteiger partial charge in [-0.15, -0.1) is 0 Å². The summed E-state index contributed by atoms with van der Waals surface area (Å²) < 4.78 is 0. The molecule has 2 rings (SSSR count). The first-order valence-electron chi connectivity index (χ1n) is 5.98. The lowest BCUT2D eigenvalue weighted by Gasteiger charge is -2.16. The Morgan fingerprint density at radius 1 is 1.24 bits per heavy atom. The topological polar surface area (TPSA) is 35.6 Å². The molecular formula is C13H19N3O. The number of carbonyl (C=O) groups excluding carboxylic acids is 1. The molecule has 0 saturated carbocycles. The van der Waals surface area contributed by atoms with Gasteiger partial charge in [0.1, 0.15) is 0 Å². The predicted octanol–water partition coefficient (Wildman–Crippen LogP) is 1.32. The second-order valence-corrected chi connectivity index (χ2v) is 4.38. The quantitative estimate of drug-likeness (QED) is 0.851. The molecule has 0 aliphatic carbocycles. The van der Waals surface area contributed by atoms with Gasteiger partial charge in [0.2, 0.25) is 0 Å². The zero-order chi connectivity index (χ0) is 12.3. The Balaban J connectivity index is 2.05. The summed E-state index contributed by atoms with van der Waals surface area (Å²) in [4.78, 5) is 15.4. The van der Waals surface area contributed by atoms with E-state index in [4.69, 9.17) is 0 Å². The van der Waals surface area contributed by atoms with Gasteiger partial charge in [0.15, 0.2) is 0 Å². The van der Waals surface area contributed by atoms with Crippen molar-refractivity contribution in [1.82, 2.24) is 10.2 Å². The Morgan fingerprint density at radius 3 is 2.47 bits per heavy atom. The molecule has 17 heavy (non-hydrogen) atoms. The maximum atomic E-state index is 11.8. The molecular weight excluding hydrogens is 214 g/mol. The molecule has 1 aliphatic rings. The summed E-state index contributed by atoms with van der Waals surface area (Å²) in [6.45, 7) is 2.57. The van der Waals surface area contributed by atoms with E-state index in [1.54, 1.807) is 4.90 Å². The number of rotatable bonds is 4. The van der Waals surface area contributed by atoms with Crippen molar-refractivity contribution in [1.29, 1.82) is 0 Å². The smallest absolute Gasteiger partial charge is 0.324 e. The molecule has 1 aromatic carbocycles.